The predicted octanol–water partition coefficient (Wildman–Crippen LogP) is 13.9. The molecule has 6 fully saturated rings. The first-order valence-electron chi connectivity index (χ1n) is 27.5. The zero-order valence-electron chi connectivity index (χ0n) is 44.1. The van der Waals surface area contributed by atoms with Gasteiger partial charge < -0.3 is 33.2 Å². The van der Waals surface area contributed by atoms with E-state index in [1.165, 1.54) is 0 Å². The smallest absolute Gasteiger partial charge is 0.313 e. The number of allylic oxidation sites excluding steroid dienone is 2. The van der Waals surface area contributed by atoms with Crippen molar-refractivity contribution in [3.05, 3.63) is 155 Å². The van der Waals surface area contributed by atoms with Crippen molar-refractivity contribution in [2.45, 2.75) is 176 Å². The normalized spacial score (nSPS) is 38.6. The highest BCUT2D eigenvalue weighted by Gasteiger charge is 2.70. The lowest BCUT2D eigenvalue weighted by Crippen LogP contribution is -2.67. The Balaban J connectivity index is 0.866. The van der Waals surface area contributed by atoms with Crippen LogP contribution in [0, 0.1) is 50.2 Å². The van der Waals surface area contributed by atoms with Crippen LogP contribution in [0.1, 0.15) is 141 Å². The van der Waals surface area contributed by atoms with Gasteiger partial charge in [0.2, 0.25) is 0 Å². The van der Waals surface area contributed by atoms with Crippen LogP contribution >= 0.6 is 0 Å². The molecular weight excluding hydrogens is 897 g/mol. The topological polar surface area (TPSA) is 81.7 Å². The first-order valence-corrected chi connectivity index (χ1v) is 27.5. The molecule has 0 amide bonds. The van der Waals surface area contributed by atoms with Gasteiger partial charge in [0.1, 0.15) is 31.0 Å². The summed E-state index contributed by atoms with van der Waals surface area (Å²) in [7, 11) is 0. The van der Waals surface area contributed by atoms with Gasteiger partial charge in [-0.05, 0) is 126 Å². The maximum atomic E-state index is 14.6. The van der Waals surface area contributed by atoms with Crippen LogP contribution in [-0.2, 0) is 57.8 Å². The van der Waals surface area contributed by atoms with Crippen LogP contribution in [0.25, 0.3) is 0 Å². The summed E-state index contributed by atoms with van der Waals surface area (Å²) in [5.74, 6) is 1.16. The number of fused-ring (bicyclic) bond motifs is 8. The van der Waals surface area contributed by atoms with Crippen LogP contribution in [0.3, 0.4) is 0 Å². The molecule has 0 bridgehead atoms. The number of rotatable bonds is 12. The van der Waals surface area contributed by atoms with Crippen molar-refractivity contribution in [1.29, 1.82) is 0 Å². The van der Waals surface area contributed by atoms with Gasteiger partial charge in [0.15, 0.2) is 12.6 Å². The molecule has 4 aromatic rings. The highest BCUT2D eigenvalue weighted by atomic mass is 16.8. The van der Waals surface area contributed by atoms with E-state index in [1.54, 1.807) is 5.57 Å². The second kappa shape index (κ2) is 19.5. The molecule has 0 N–H and O–H groups in total. The molecule has 2 aliphatic heterocycles. The molecule has 4 saturated carbocycles. The Morgan fingerprint density at radius 3 is 1.88 bits per heavy atom. The average molecular weight is 977 g/mol. The molecule has 8 heteroatoms. The fourth-order valence-electron chi connectivity index (χ4n) is 16.2. The minimum absolute atomic E-state index is 0.00308. The molecule has 0 aromatic heterocycles. The van der Waals surface area contributed by atoms with Crippen LogP contribution in [-0.4, -0.2) is 49.4 Å². The van der Waals surface area contributed by atoms with E-state index in [1.807, 2.05) is 60.7 Å². The van der Waals surface area contributed by atoms with Crippen LogP contribution in [0.5, 0.6) is 0 Å². The van der Waals surface area contributed by atoms with Gasteiger partial charge in [-0.3, -0.25) is 4.79 Å². The Bertz CT molecular complexity index is 2530. The van der Waals surface area contributed by atoms with Crippen LogP contribution in [0.2, 0.25) is 0 Å². The number of carbonyl (C=O) groups is 1. The van der Waals surface area contributed by atoms with Crippen molar-refractivity contribution >= 4 is 5.97 Å². The Morgan fingerprint density at radius 2 is 1.22 bits per heavy atom. The van der Waals surface area contributed by atoms with Crippen molar-refractivity contribution in [3.8, 4) is 0 Å². The Labute approximate surface area is 429 Å². The fourth-order valence-corrected chi connectivity index (χ4v) is 16.2. The number of esters is 1. The summed E-state index contributed by atoms with van der Waals surface area (Å²) >= 11 is 0. The fraction of sp³-hybridized carbons (Fsp3) is 0.578. The van der Waals surface area contributed by atoms with Crippen molar-refractivity contribution < 1.29 is 38.0 Å². The summed E-state index contributed by atoms with van der Waals surface area (Å²) in [5, 5.41) is 0. The Morgan fingerprint density at radius 1 is 0.625 bits per heavy atom. The van der Waals surface area contributed by atoms with Gasteiger partial charge in [0.25, 0.3) is 0 Å². The molecule has 0 radical (unpaired) electrons. The van der Waals surface area contributed by atoms with Crippen LogP contribution < -0.4 is 0 Å². The maximum Gasteiger partial charge on any atom is 0.313 e. The van der Waals surface area contributed by atoms with E-state index in [0.29, 0.717) is 38.3 Å². The third kappa shape index (κ3) is 8.85. The molecule has 384 valence electrons. The van der Waals surface area contributed by atoms with Gasteiger partial charge in [-0.2, -0.15) is 0 Å². The number of hydrogen-bond acceptors (Lipinski definition) is 8. The van der Waals surface area contributed by atoms with E-state index in [-0.39, 0.29) is 45.1 Å². The van der Waals surface area contributed by atoms with Crippen molar-refractivity contribution in [3.63, 3.8) is 0 Å². The lowest BCUT2D eigenvalue weighted by molar-refractivity contribution is -0.384. The quantitative estimate of drug-likeness (QED) is 0.0789. The van der Waals surface area contributed by atoms with Gasteiger partial charge in [0, 0.05) is 5.56 Å². The zero-order chi connectivity index (χ0) is 49.9. The standard InChI is InChI=1S/C64H80O8/c1-59(2)34-36-64(58(65)69-41-45-24-16-10-17-25-45)37-35-62(6)47(48(64)38-59)28-29-51-61(5)32-31-52(60(3,4)50(61)30-33-63(51,62)7)71-57-55(67-40-44-22-14-9-15-23-44)54(66-39-43-20-12-8-13-21-43)53-49(70-57)42-68-56(72-53)46-26-18-11-19-27-46/h8-28,48-57H,29-42H2,1-7H3/t48-,49+,50-,51+,52-,53+,54-,55-,56?,57+,61-,62+,63+,64-/m0/s1. The second-order valence-corrected chi connectivity index (χ2v) is 25.2. The third-order valence-electron chi connectivity index (χ3n) is 20.4. The summed E-state index contributed by atoms with van der Waals surface area (Å²) in [6.45, 7) is 19.2. The van der Waals surface area contributed by atoms with E-state index < -0.39 is 42.4 Å². The van der Waals surface area contributed by atoms with Gasteiger partial charge in [-0.1, -0.05) is 181 Å². The largest absolute Gasteiger partial charge is 0.460 e. The predicted molar refractivity (Wildman–Crippen MR) is 279 cm³/mol. The van der Waals surface area contributed by atoms with Crippen molar-refractivity contribution in [2.75, 3.05) is 6.61 Å². The number of carbonyl (C=O) groups excluding carboxylic acids is 1. The number of ether oxygens (including phenoxy) is 7. The molecule has 1 unspecified atom stereocenters. The molecule has 4 aromatic carbocycles. The molecular formula is C64H80O8. The SMILES string of the molecule is CC1(C)CC[C@]2(C(=O)OCc3ccccc3)CC[C@]3(C)C(=CC[C@@H]4[C@@]5(C)CC[C@H](O[C@H]6O[C@@H]7COC(c8ccccc8)O[C@H]7[C@H](OCc7ccccc7)[C@@H]6OCc6ccccc6)C(C)(C)[C@@H]5CC[C@]43C)[C@@H]2C1. The molecule has 2 heterocycles. The Hall–Kier alpha value is -4.15. The van der Waals surface area contributed by atoms with Crippen molar-refractivity contribution in [2.24, 2.45) is 50.2 Å². The van der Waals surface area contributed by atoms with Crippen molar-refractivity contribution in [1.82, 2.24) is 0 Å². The summed E-state index contributed by atoms with van der Waals surface area (Å²) < 4.78 is 48.3. The maximum absolute atomic E-state index is 14.6. The van der Waals surface area contributed by atoms with E-state index in [4.69, 9.17) is 33.2 Å². The highest BCUT2D eigenvalue weighted by Crippen LogP contribution is 2.76. The van der Waals surface area contributed by atoms with Gasteiger partial charge in [-0.15, -0.1) is 0 Å². The first kappa shape index (κ1) is 50.0. The average Bonchev–Trinajstić information content (AvgIpc) is 3.38. The molecule has 72 heavy (non-hydrogen) atoms. The molecule has 0 spiro atoms. The first-order chi connectivity index (χ1) is 34.6. The molecule has 2 saturated heterocycles. The van der Waals surface area contributed by atoms with Gasteiger partial charge in [0.05, 0.1) is 31.3 Å². The van der Waals surface area contributed by atoms with Crippen LogP contribution in [0.15, 0.2) is 133 Å². The highest BCUT2D eigenvalue weighted by molar-refractivity contribution is 5.79. The van der Waals surface area contributed by atoms with E-state index in [2.05, 4.69) is 115 Å². The summed E-state index contributed by atoms with van der Waals surface area (Å²) in [5.41, 5.74) is 5.45. The van der Waals surface area contributed by atoms with E-state index in [0.717, 1.165) is 86.5 Å². The zero-order valence-corrected chi connectivity index (χ0v) is 44.1. The van der Waals surface area contributed by atoms with Crippen LogP contribution in [0.4, 0.5) is 0 Å². The number of benzene rings is 4. The lowest BCUT2D eigenvalue weighted by Gasteiger charge is -2.71. The monoisotopic (exact) mass is 977 g/mol. The minimum Gasteiger partial charge on any atom is -0.460 e. The second-order valence-electron chi connectivity index (χ2n) is 25.2. The summed E-state index contributed by atoms with van der Waals surface area (Å²) in [6.07, 6.45) is 9.63. The molecule has 14 atom stereocenters. The molecule has 7 aliphatic rings. The molecule has 5 aliphatic carbocycles. The van der Waals surface area contributed by atoms with Gasteiger partial charge in [-0.25, -0.2) is 0 Å². The summed E-state index contributed by atoms with van der Waals surface area (Å²) in [4.78, 5) is 14.6. The molecule has 8 nitrogen and oxygen atoms in total. The third-order valence-corrected chi connectivity index (χ3v) is 20.4. The van der Waals surface area contributed by atoms with E-state index in [9.17, 15) is 4.79 Å². The lowest BCUT2D eigenvalue weighted by atomic mass is 9.33. The summed E-state index contributed by atoms with van der Waals surface area (Å²) in [6, 6.07) is 41.0. The van der Waals surface area contributed by atoms with E-state index >= 15 is 0 Å². The molecule has 11 rings (SSSR count). The van der Waals surface area contributed by atoms with Gasteiger partial charge >= 0.3 is 5.97 Å². The number of hydrogen-bond donors (Lipinski definition) is 0. The minimum atomic E-state index is -0.709. The Kier molecular flexibility index (Phi) is 13.6.